The number of ether oxygens (including phenoxy) is 3. The van der Waals surface area contributed by atoms with Gasteiger partial charge in [0.2, 0.25) is 5.78 Å². The Morgan fingerprint density at radius 2 is 1.75 bits per heavy atom. The molecule has 2 atom stereocenters. The molecular formula is C17H16O7. The van der Waals surface area contributed by atoms with Crippen molar-refractivity contribution in [2.24, 2.45) is 0 Å². The second-order valence-electron chi connectivity index (χ2n) is 5.30. The third-order valence-electron chi connectivity index (χ3n) is 3.86. The number of phenolic OH excluding ortho intramolecular Hbond substituents is 2. The van der Waals surface area contributed by atoms with Gasteiger partial charge in [-0.2, -0.15) is 0 Å². The second kappa shape index (κ2) is 5.93. The molecule has 0 aliphatic carbocycles. The minimum absolute atomic E-state index is 0.00239. The first-order valence-corrected chi connectivity index (χ1v) is 7.13. The predicted molar refractivity (Wildman–Crippen MR) is 83.0 cm³/mol. The fourth-order valence-corrected chi connectivity index (χ4v) is 2.69. The van der Waals surface area contributed by atoms with E-state index in [1.54, 1.807) is 18.2 Å². The van der Waals surface area contributed by atoms with Crippen LogP contribution in [0.5, 0.6) is 28.7 Å². The van der Waals surface area contributed by atoms with Crippen molar-refractivity contribution in [2.75, 3.05) is 14.2 Å². The predicted octanol–water partition coefficient (Wildman–Crippen LogP) is 1.79. The number of methoxy groups -OCH3 is 2. The molecule has 0 radical (unpaired) electrons. The van der Waals surface area contributed by atoms with Crippen LogP contribution in [0.25, 0.3) is 0 Å². The lowest BCUT2D eigenvalue weighted by Crippen LogP contribution is -2.36. The van der Waals surface area contributed by atoms with Crippen LogP contribution in [0.4, 0.5) is 0 Å². The number of ketones is 1. The number of aliphatic hydroxyl groups excluding tert-OH is 1. The van der Waals surface area contributed by atoms with E-state index >= 15 is 0 Å². The molecule has 7 heteroatoms. The summed E-state index contributed by atoms with van der Waals surface area (Å²) in [6.45, 7) is 0. The zero-order valence-corrected chi connectivity index (χ0v) is 13.0. The van der Waals surface area contributed by atoms with Gasteiger partial charge in [0.15, 0.2) is 23.7 Å². The summed E-state index contributed by atoms with van der Waals surface area (Å²) in [5.41, 5.74) is 0.332. The Morgan fingerprint density at radius 1 is 1.04 bits per heavy atom. The van der Waals surface area contributed by atoms with Gasteiger partial charge in [-0.25, -0.2) is 0 Å². The minimum Gasteiger partial charge on any atom is -0.508 e. The number of aromatic hydroxyl groups is 2. The van der Waals surface area contributed by atoms with Gasteiger partial charge in [0.1, 0.15) is 22.8 Å². The Morgan fingerprint density at radius 3 is 2.42 bits per heavy atom. The highest BCUT2D eigenvalue weighted by molar-refractivity contribution is 6.05. The van der Waals surface area contributed by atoms with Gasteiger partial charge in [-0.1, -0.05) is 6.07 Å². The van der Waals surface area contributed by atoms with E-state index in [0.717, 1.165) is 6.07 Å². The molecule has 2 aromatic rings. The first-order valence-electron chi connectivity index (χ1n) is 7.13. The summed E-state index contributed by atoms with van der Waals surface area (Å²) >= 11 is 0. The maximum Gasteiger partial charge on any atom is 0.202 e. The van der Waals surface area contributed by atoms with Gasteiger partial charge in [-0.3, -0.25) is 4.79 Å². The van der Waals surface area contributed by atoms with E-state index in [1.807, 2.05) is 0 Å². The van der Waals surface area contributed by atoms with Crippen LogP contribution in [0.1, 0.15) is 22.0 Å². The highest BCUT2D eigenvalue weighted by Crippen LogP contribution is 2.42. The Hall–Kier alpha value is -2.93. The van der Waals surface area contributed by atoms with Gasteiger partial charge in [0, 0.05) is 12.1 Å². The molecular weight excluding hydrogens is 316 g/mol. The summed E-state index contributed by atoms with van der Waals surface area (Å²) in [5.74, 6) is -0.464. The third-order valence-corrected chi connectivity index (χ3v) is 3.86. The average molecular weight is 332 g/mol. The van der Waals surface area contributed by atoms with Gasteiger partial charge < -0.3 is 29.5 Å². The smallest absolute Gasteiger partial charge is 0.202 e. The number of phenols is 2. The van der Waals surface area contributed by atoms with Crippen molar-refractivity contribution in [1.29, 1.82) is 0 Å². The Labute approximate surface area is 137 Å². The van der Waals surface area contributed by atoms with E-state index in [4.69, 9.17) is 14.2 Å². The lowest BCUT2D eigenvalue weighted by Gasteiger charge is -2.30. The van der Waals surface area contributed by atoms with Crippen LogP contribution in [-0.2, 0) is 0 Å². The van der Waals surface area contributed by atoms with Crippen LogP contribution in [0.15, 0.2) is 30.3 Å². The third kappa shape index (κ3) is 2.48. The molecule has 1 heterocycles. The molecule has 3 rings (SSSR count). The van der Waals surface area contributed by atoms with Gasteiger partial charge in [-0.05, 0) is 17.7 Å². The number of aliphatic hydroxyl groups is 1. The largest absolute Gasteiger partial charge is 0.508 e. The van der Waals surface area contributed by atoms with E-state index in [-0.39, 0.29) is 17.1 Å². The number of benzene rings is 2. The van der Waals surface area contributed by atoms with E-state index in [1.165, 1.54) is 20.3 Å². The van der Waals surface area contributed by atoms with Crippen molar-refractivity contribution >= 4 is 5.78 Å². The molecule has 0 amide bonds. The molecule has 0 bridgehead atoms. The van der Waals surface area contributed by atoms with Crippen LogP contribution >= 0.6 is 0 Å². The lowest BCUT2D eigenvalue weighted by molar-refractivity contribution is 0.0210. The number of hydrogen-bond donors (Lipinski definition) is 3. The first-order chi connectivity index (χ1) is 11.5. The van der Waals surface area contributed by atoms with Crippen LogP contribution in [-0.4, -0.2) is 41.4 Å². The van der Waals surface area contributed by atoms with E-state index in [2.05, 4.69) is 0 Å². The zero-order valence-electron chi connectivity index (χ0n) is 13.0. The molecule has 7 nitrogen and oxygen atoms in total. The normalized spacial score (nSPS) is 19.4. The van der Waals surface area contributed by atoms with Crippen molar-refractivity contribution in [3.05, 3.63) is 41.5 Å². The molecule has 0 fully saturated rings. The molecule has 0 saturated heterocycles. The van der Waals surface area contributed by atoms with Crippen LogP contribution in [0, 0.1) is 0 Å². The first kappa shape index (κ1) is 15.9. The summed E-state index contributed by atoms with van der Waals surface area (Å²) < 4.78 is 16.0. The Kier molecular flexibility index (Phi) is 3.94. The van der Waals surface area contributed by atoms with Crippen LogP contribution in [0.2, 0.25) is 0 Å². The van der Waals surface area contributed by atoms with Crippen molar-refractivity contribution < 1.29 is 34.3 Å². The van der Waals surface area contributed by atoms with Crippen LogP contribution < -0.4 is 14.2 Å². The highest BCUT2D eigenvalue weighted by Gasteiger charge is 2.39. The van der Waals surface area contributed by atoms with E-state index in [0.29, 0.717) is 17.1 Å². The zero-order chi connectivity index (χ0) is 17.4. The molecule has 0 saturated carbocycles. The van der Waals surface area contributed by atoms with Crippen molar-refractivity contribution in [3.8, 4) is 28.7 Å². The average Bonchev–Trinajstić information content (AvgIpc) is 2.56. The van der Waals surface area contributed by atoms with Crippen molar-refractivity contribution in [2.45, 2.75) is 12.2 Å². The van der Waals surface area contributed by atoms with Crippen molar-refractivity contribution in [1.82, 2.24) is 0 Å². The molecule has 3 N–H and O–H groups in total. The number of rotatable bonds is 3. The SMILES string of the molecule is COc1ccc([C@H]2Oc3cc(O)cc(O)c3C(=O)[C@@H]2O)cc1OC. The molecule has 2 aromatic carbocycles. The molecule has 1 aliphatic heterocycles. The number of carbonyl (C=O) groups is 1. The fourth-order valence-electron chi connectivity index (χ4n) is 2.69. The Balaban J connectivity index is 2.05. The number of carbonyl (C=O) groups excluding carboxylic acids is 1. The molecule has 0 spiro atoms. The molecule has 1 aliphatic rings. The van der Waals surface area contributed by atoms with E-state index < -0.39 is 23.7 Å². The quantitative estimate of drug-likeness (QED) is 0.787. The standard InChI is InChI=1S/C17H16O7/c1-22-11-4-3-8(5-12(11)23-2)17-16(21)15(20)14-10(19)6-9(18)7-13(14)24-17/h3-7,16-19,21H,1-2H3/t16-,17+/m0/s1. The Bertz CT molecular complexity index is 800. The van der Waals surface area contributed by atoms with E-state index in [9.17, 15) is 20.1 Å². The number of hydrogen-bond acceptors (Lipinski definition) is 7. The molecule has 126 valence electrons. The maximum absolute atomic E-state index is 12.4. The fraction of sp³-hybridized carbons (Fsp3) is 0.235. The van der Waals surface area contributed by atoms with Gasteiger partial charge in [-0.15, -0.1) is 0 Å². The topological polar surface area (TPSA) is 105 Å². The second-order valence-corrected chi connectivity index (χ2v) is 5.30. The number of Topliss-reactive ketones (excluding diaryl/α,β-unsaturated/α-hetero) is 1. The minimum atomic E-state index is -1.51. The summed E-state index contributed by atoms with van der Waals surface area (Å²) in [6, 6.07) is 7.09. The summed E-state index contributed by atoms with van der Waals surface area (Å²) in [5, 5.41) is 29.7. The summed E-state index contributed by atoms with van der Waals surface area (Å²) in [7, 11) is 2.96. The molecule has 24 heavy (non-hydrogen) atoms. The highest BCUT2D eigenvalue weighted by atomic mass is 16.5. The summed E-state index contributed by atoms with van der Waals surface area (Å²) in [6.07, 6.45) is -2.52. The van der Waals surface area contributed by atoms with Crippen molar-refractivity contribution in [3.63, 3.8) is 0 Å². The van der Waals surface area contributed by atoms with Crippen LogP contribution in [0.3, 0.4) is 0 Å². The van der Waals surface area contributed by atoms with Gasteiger partial charge >= 0.3 is 0 Å². The lowest BCUT2D eigenvalue weighted by atomic mass is 9.92. The number of fused-ring (bicyclic) bond motifs is 1. The molecule has 0 aromatic heterocycles. The maximum atomic E-state index is 12.4. The molecule has 0 unspecified atom stereocenters. The van der Waals surface area contributed by atoms with Gasteiger partial charge in [0.05, 0.1) is 14.2 Å². The summed E-state index contributed by atoms with van der Waals surface area (Å²) in [4.78, 5) is 12.4. The monoisotopic (exact) mass is 332 g/mol. The van der Waals surface area contributed by atoms with Gasteiger partial charge in [0.25, 0.3) is 0 Å².